The number of rotatable bonds is 4. The van der Waals surface area contributed by atoms with Crippen molar-refractivity contribution in [2.45, 2.75) is 19.8 Å². The molecule has 0 spiro atoms. The fraction of sp³-hybridized carbons (Fsp3) is 0.400. The van der Waals surface area contributed by atoms with Crippen LogP contribution < -0.4 is 4.74 Å². The van der Waals surface area contributed by atoms with Crippen LogP contribution in [0.25, 0.3) is 0 Å². The van der Waals surface area contributed by atoms with Gasteiger partial charge in [-0.1, -0.05) is 22.9 Å². The lowest BCUT2D eigenvalue weighted by molar-refractivity contribution is -0.138. The maximum absolute atomic E-state index is 12.0. The van der Waals surface area contributed by atoms with Gasteiger partial charge in [0.2, 0.25) is 5.89 Å². The average Bonchev–Trinajstić information content (AvgIpc) is 2.83. The topological polar surface area (TPSA) is 68.5 Å². The Morgan fingerprint density at radius 3 is 2.67 bits per heavy atom. The minimum atomic E-state index is -0.0249. The Balaban J connectivity index is 1.46. The summed E-state index contributed by atoms with van der Waals surface area (Å²) in [5.41, 5.74) is 1.16. The highest BCUT2D eigenvalue weighted by molar-refractivity contribution is 5.78. The van der Waals surface area contributed by atoms with Crippen molar-refractivity contribution in [3.63, 3.8) is 0 Å². The van der Waals surface area contributed by atoms with Crippen LogP contribution in [-0.4, -0.2) is 40.6 Å². The second-order valence-corrected chi connectivity index (χ2v) is 5.28. The lowest BCUT2D eigenvalue weighted by Gasteiger charge is -2.36. The van der Waals surface area contributed by atoms with E-state index in [0.29, 0.717) is 30.6 Å². The van der Waals surface area contributed by atoms with Crippen molar-refractivity contribution in [2.75, 3.05) is 19.7 Å². The molecule has 0 unspecified atom stereocenters. The van der Waals surface area contributed by atoms with Gasteiger partial charge in [0.25, 0.3) is 5.91 Å². The Labute approximate surface area is 122 Å². The smallest absolute Gasteiger partial charge is 0.260 e. The number of benzene rings is 1. The molecule has 21 heavy (non-hydrogen) atoms. The summed E-state index contributed by atoms with van der Waals surface area (Å²) in [4.78, 5) is 17.9. The molecule has 0 bridgehead atoms. The molecule has 1 aromatic heterocycles. The van der Waals surface area contributed by atoms with E-state index in [0.717, 1.165) is 5.56 Å². The average molecular weight is 287 g/mol. The molecule has 1 amide bonds. The van der Waals surface area contributed by atoms with Gasteiger partial charge < -0.3 is 14.2 Å². The number of ether oxygens (including phenoxy) is 1. The van der Waals surface area contributed by atoms with Crippen LogP contribution in [-0.2, 0) is 4.79 Å². The van der Waals surface area contributed by atoms with Crippen LogP contribution in [0.3, 0.4) is 0 Å². The zero-order chi connectivity index (χ0) is 14.8. The van der Waals surface area contributed by atoms with Gasteiger partial charge in [0.1, 0.15) is 5.75 Å². The van der Waals surface area contributed by atoms with E-state index in [-0.39, 0.29) is 18.4 Å². The Hall–Kier alpha value is -2.37. The Morgan fingerprint density at radius 1 is 1.33 bits per heavy atom. The van der Waals surface area contributed by atoms with Gasteiger partial charge in [0.15, 0.2) is 12.4 Å². The number of aryl methyl sites for hydroxylation is 2. The molecule has 0 aliphatic carbocycles. The van der Waals surface area contributed by atoms with Gasteiger partial charge in [-0.05, 0) is 26.0 Å². The van der Waals surface area contributed by atoms with E-state index in [1.165, 1.54) is 0 Å². The lowest BCUT2D eigenvalue weighted by atomic mass is 10.0. The molecule has 0 N–H and O–H groups in total. The highest BCUT2D eigenvalue weighted by atomic mass is 16.5. The van der Waals surface area contributed by atoms with Gasteiger partial charge in [-0.15, -0.1) is 0 Å². The fourth-order valence-corrected chi connectivity index (χ4v) is 2.19. The summed E-state index contributed by atoms with van der Waals surface area (Å²) in [6, 6.07) is 7.64. The van der Waals surface area contributed by atoms with Gasteiger partial charge in [-0.3, -0.25) is 4.79 Å². The molecular formula is C15H17N3O3. The number of amides is 1. The molecule has 0 radical (unpaired) electrons. The van der Waals surface area contributed by atoms with Gasteiger partial charge in [-0.25, -0.2) is 0 Å². The van der Waals surface area contributed by atoms with E-state index >= 15 is 0 Å². The zero-order valence-electron chi connectivity index (χ0n) is 12.1. The lowest BCUT2D eigenvalue weighted by Crippen LogP contribution is -2.50. The van der Waals surface area contributed by atoms with Crippen molar-refractivity contribution in [2.24, 2.45) is 0 Å². The third kappa shape index (κ3) is 3.04. The molecule has 3 rings (SSSR count). The number of hydrogen-bond acceptors (Lipinski definition) is 5. The summed E-state index contributed by atoms with van der Waals surface area (Å²) in [7, 11) is 0. The van der Waals surface area contributed by atoms with Crippen molar-refractivity contribution in [1.82, 2.24) is 15.0 Å². The summed E-state index contributed by atoms with van der Waals surface area (Å²) in [6.45, 7) is 5.06. The standard InChI is InChI=1S/C15H17N3O3/c1-10-3-5-13(6-4-10)20-9-14(19)18-7-12(8-18)15-16-11(2)17-21-15/h3-6,12H,7-9H2,1-2H3. The van der Waals surface area contributed by atoms with E-state index in [2.05, 4.69) is 10.1 Å². The molecule has 1 aliphatic rings. The second kappa shape index (κ2) is 5.55. The van der Waals surface area contributed by atoms with Gasteiger partial charge in [0.05, 0.1) is 5.92 Å². The molecule has 1 fully saturated rings. The molecule has 2 heterocycles. The molecule has 6 nitrogen and oxygen atoms in total. The quantitative estimate of drug-likeness (QED) is 0.856. The van der Waals surface area contributed by atoms with Crippen molar-refractivity contribution in [1.29, 1.82) is 0 Å². The molecule has 2 aromatic rings. The predicted molar refractivity (Wildman–Crippen MR) is 75.0 cm³/mol. The van der Waals surface area contributed by atoms with E-state index < -0.39 is 0 Å². The van der Waals surface area contributed by atoms with Crippen LogP contribution in [0.2, 0.25) is 0 Å². The molecule has 110 valence electrons. The largest absolute Gasteiger partial charge is 0.484 e. The molecule has 6 heteroatoms. The number of likely N-dealkylation sites (tertiary alicyclic amines) is 1. The second-order valence-electron chi connectivity index (χ2n) is 5.28. The zero-order valence-corrected chi connectivity index (χ0v) is 12.1. The molecule has 0 atom stereocenters. The molecule has 0 saturated carbocycles. The van der Waals surface area contributed by atoms with Gasteiger partial charge >= 0.3 is 0 Å². The first-order valence-corrected chi connectivity index (χ1v) is 6.89. The maximum atomic E-state index is 12.0. The third-order valence-electron chi connectivity index (χ3n) is 3.51. The summed E-state index contributed by atoms with van der Waals surface area (Å²) >= 11 is 0. The molecular weight excluding hydrogens is 270 g/mol. The number of aromatic nitrogens is 2. The number of carbonyl (C=O) groups is 1. The van der Waals surface area contributed by atoms with Crippen molar-refractivity contribution in [3.05, 3.63) is 41.5 Å². The minimum Gasteiger partial charge on any atom is -0.484 e. The van der Waals surface area contributed by atoms with Crippen LogP contribution in [0.15, 0.2) is 28.8 Å². The number of carbonyl (C=O) groups excluding carboxylic acids is 1. The Morgan fingerprint density at radius 2 is 2.05 bits per heavy atom. The fourth-order valence-electron chi connectivity index (χ4n) is 2.19. The van der Waals surface area contributed by atoms with E-state index in [1.54, 1.807) is 11.8 Å². The van der Waals surface area contributed by atoms with Crippen LogP contribution in [0, 0.1) is 13.8 Å². The first kappa shape index (κ1) is 13.6. The van der Waals surface area contributed by atoms with Crippen LogP contribution >= 0.6 is 0 Å². The number of nitrogens with zero attached hydrogens (tertiary/aromatic N) is 3. The molecule has 1 aromatic carbocycles. The Bertz CT molecular complexity index is 630. The normalized spacial score (nSPS) is 14.9. The van der Waals surface area contributed by atoms with Gasteiger partial charge in [-0.2, -0.15) is 4.98 Å². The van der Waals surface area contributed by atoms with Crippen LogP contribution in [0.1, 0.15) is 23.2 Å². The summed E-state index contributed by atoms with van der Waals surface area (Å²) < 4.78 is 10.6. The van der Waals surface area contributed by atoms with Crippen LogP contribution in [0.5, 0.6) is 5.75 Å². The first-order chi connectivity index (χ1) is 10.1. The highest BCUT2D eigenvalue weighted by Crippen LogP contribution is 2.25. The van der Waals surface area contributed by atoms with Gasteiger partial charge in [0, 0.05) is 13.1 Å². The van der Waals surface area contributed by atoms with Crippen LogP contribution in [0.4, 0.5) is 0 Å². The minimum absolute atomic E-state index is 0.0249. The first-order valence-electron chi connectivity index (χ1n) is 6.89. The third-order valence-corrected chi connectivity index (χ3v) is 3.51. The summed E-state index contributed by atoms with van der Waals surface area (Å²) in [5.74, 6) is 2.06. The predicted octanol–water partition coefficient (Wildman–Crippen LogP) is 1.69. The Kier molecular flexibility index (Phi) is 3.60. The summed E-state index contributed by atoms with van der Waals surface area (Å²) in [5, 5.41) is 3.76. The number of hydrogen-bond donors (Lipinski definition) is 0. The van der Waals surface area contributed by atoms with E-state index in [1.807, 2.05) is 31.2 Å². The molecule has 1 aliphatic heterocycles. The highest BCUT2D eigenvalue weighted by Gasteiger charge is 2.35. The van der Waals surface area contributed by atoms with E-state index in [4.69, 9.17) is 9.26 Å². The maximum Gasteiger partial charge on any atom is 0.260 e. The van der Waals surface area contributed by atoms with E-state index in [9.17, 15) is 4.79 Å². The van der Waals surface area contributed by atoms with Crippen molar-refractivity contribution in [3.8, 4) is 5.75 Å². The monoisotopic (exact) mass is 287 g/mol. The van der Waals surface area contributed by atoms with Crippen molar-refractivity contribution >= 4 is 5.91 Å². The summed E-state index contributed by atoms with van der Waals surface area (Å²) in [6.07, 6.45) is 0. The SMILES string of the molecule is Cc1ccc(OCC(=O)N2CC(c3nc(C)no3)C2)cc1. The van der Waals surface area contributed by atoms with Crippen molar-refractivity contribution < 1.29 is 14.1 Å². The molecule has 1 saturated heterocycles.